The molecule has 1 aliphatic rings. The molecule has 1 aliphatic heterocycles. The Hall–Kier alpha value is -3.51. The Bertz CT molecular complexity index is 1380. The van der Waals surface area contributed by atoms with Crippen molar-refractivity contribution in [2.24, 2.45) is 0 Å². The molecule has 148 valence electrons. The number of hydrogen-bond acceptors (Lipinski definition) is 4. The van der Waals surface area contributed by atoms with E-state index in [9.17, 15) is 9.59 Å². The van der Waals surface area contributed by atoms with Gasteiger partial charge in [0.15, 0.2) is 0 Å². The van der Waals surface area contributed by atoms with Gasteiger partial charge in [-0.05, 0) is 48.3 Å². The minimum atomic E-state index is -0.946. The molecule has 5 nitrogen and oxygen atoms in total. The second-order valence-electron chi connectivity index (χ2n) is 7.32. The number of carboxylic acid groups (broad SMARTS) is 1. The Morgan fingerprint density at radius 1 is 1.13 bits per heavy atom. The van der Waals surface area contributed by atoms with Crippen LogP contribution in [0.15, 0.2) is 59.4 Å². The summed E-state index contributed by atoms with van der Waals surface area (Å²) in [5.41, 5.74) is 4.15. The van der Waals surface area contributed by atoms with Gasteiger partial charge in [-0.1, -0.05) is 42.5 Å². The van der Waals surface area contributed by atoms with Crippen LogP contribution in [-0.2, 0) is 6.54 Å². The number of aromatic carboxylic acids is 1. The molecule has 2 aromatic carbocycles. The van der Waals surface area contributed by atoms with Gasteiger partial charge in [-0.15, -0.1) is 11.3 Å². The number of thiophene rings is 1. The van der Waals surface area contributed by atoms with E-state index in [-0.39, 0.29) is 11.1 Å². The number of nitrogens with zero attached hydrogens (tertiary/aromatic N) is 2. The summed E-state index contributed by atoms with van der Waals surface area (Å²) in [7, 11) is 0. The first-order chi connectivity index (χ1) is 14.5. The van der Waals surface area contributed by atoms with Gasteiger partial charge >= 0.3 is 5.97 Å². The van der Waals surface area contributed by atoms with E-state index in [2.05, 4.69) is 0 Å². The van der Waals surface area contributed by atoms with E-state index in [0.29, 0.717) is 17.8 Å². The van der Waals surface area contributed by atoms with Gasteiger partial charge in [0.05, 0.1) is 10.9 Å². The van der Waals surface area contributed by atoms with Crippen LogP contribution in [0, 0.1) is 6.92 Å². The van der Waals surface area contributed by atoms with Crippen molar-refractivity contribution in [3.05, 3.63) is 86.8 Å². The lowest BCUT2D eigenvalue weighted by molar-refractivity contribution is 0.0697. The Morgan fingerprint density at radius 3 is 2.57 bits per heavy atom. The highest BCUT2D eigenvalue weighted by Crippen LogP contribution is 2.37. The summed E-state index contributed by atoms with van der Waals surface area (Å²) in [6, 6.07) is 16.7. The molecule has 0 aliphatic carbocycles. The number of aryl methyl sites for hydroxylation is 1. The number of allylic oxidation sites excluding steroid dienone is 1. The van der Waals surface area contributed by atoms with Crippen LogP contribution >= 0.6 is 11.3 Å². The van der Waals surface area contributed by atoms with Gasteiger partial charge < -0.3 is 5.11 Å². The van der Waals surface area contributed by atoms with Crippen LogP contribution < -0.4 is 5.56 Å². The van der Waals surface area contributed by atoms with Crippen molar-refractivity contribution in [1.29, 1.82) is 0 Å². The molecular weight excluding hydrogens is 396 g/mol. The van der Waals surface area contributed by atoms with E-state index in [0.717, 1.165) is 38.4 Å². The Morgan fingerprint density at radius 2 is 1.87 bits per heavy atom. The second kappa shape index (κ2) is 7.07. The summed E-state index contributed by atoms with van der Waals surface area (Å²) in [6.07, 6.45) is 2.71. The fraction of sp³-hybridized carbons (Fsp3) is 0.125. The van der Waals surface area contributed by atoms with Gasteiger partial charge in [0.25, 0.3) is 5.56 Å². The first-order valence-corrected chi connectivity index (χ1v) is 10.5. The van der Waals surface area contributed by atoms with E-state index in [4.69, 9.17) is 10.1 Å². The molecule has 0 spiro atoms. The van der Waals surface area contributed by atoms with E-state index >= 15 is 0 Å². The van der Waals surface area contributed by atoms with Crippen LogP contribution in [0.3, 0.4) is 0 Å². The molecule has 2 aromatic heterocycles. The van der Waals surface area contributed by atoms with Crippen molar-refractivity contribution >= 4 is 39.2 Å². The minimum absolute atomic E-state index is 0.00262. The van der Waals surface area contributed by atoms with Crippen molar-refractivity contribution < 1.29 is 9.90 Å². The van der Waals surface area contributed by atoms with Crippen molar-refractivity contribution in [3.63, 3.8) is 0 Å². The summed E-state index contributed by atoms with van der Waals surface area (Å²) < 4.78 is 1.76. The van der Waals surface area contributed by atoms with E-state index in [1.54, 1.807) is 40.2 Å². The number of carbonyl (C=O) groups is 1. The van der Waals surface area contributed by atoms with Gasteiger partial charge in [-0.2, -0.15) is 0 Å². The standard InChI is InChI=1S/C24H18N2O3S/c1-14-19(16-5-3-2-4-6-16)20-22(30-14)25-21-18(11-12-26(21)23(20)27)13-15-7-9-17(10-8-15)24(28)29/h2-10,13H,11-12H2,1H3,(H,28,29)/b18-13+. The zero-order valence-electron chi connectivity index (χ0n) is 16.3. The Balaban J connectivity index is 1.64. The third kappa shape index (κ3) is 2.97. The van der Waals surface area contributed by atoms with Crippen LogP contribution in [0.2, 0.25) is 0 Å². The summed E-state index contributed by atoms with van der Waals surface area (Å²) >= 11 is 1.55. The van der Waals surface area contributed by atoms with Crippen molar-refractivity contribution in [3.8, 4) is 11.1 Å². The molecule has 5 rings (SSSR count). The van der Waals surface area contributed by atoms with Gasteiger partial charge in [0.1, 0.15) is 10.7 Å². The maximum Gasteiger partial charge on any atom is 0.335 e. The maximum atomic E-state index is 13.4. The number of fused-ring (bicyclic) bond motifs is 2. The largest absolute Gasteiger partial charge is 0.478 e. The fourth-order valence-electron chi connectivity index (χ4n) is 4.00. The lowest BCUT2D eigenvalue weighted by Crippen LogP contribution is -2.20. The number of aromatic nitrogens is 2. The molecule has 0 saturated carbocycles. The summed E-state index contributed by atoms with van der Waals surface area (Å²) in [5.74, 6) is -0.242. The Labute approximate surface area is 176 Å². The molecular formula is C24H18N2O3S. The predicted molar refractivity (Wildman–Crippen MR) is 120 cm³/mol. The third-order valence-corrected chi connectivity index (χ3v) is 6.44. The van der Waals surface area contributed by atoms with Crippen molar-refractivity contribution in [2.75, 3.05) is 0 Å². The minimum Gasteiger partial charge on any atom is -0.478 e. The summed E-state index contributed by atoms with van der Waals surface area (Å²) in [5, 5.41) is 9.76. The molecule has 30 heavy (non-hydrogen) atoms. The van der Waals surface area contributed by atoms with Gasteiger partial charge in [0, 0.05) is 17.0 Å². The van der Waals surface area contributed by atoms with Gasteiger partial charge in [-0.25, -0.2) is 9.78 Å². The van der Waals surface area contributed by atoms with E-state index < -0.39 is 5.97 Å². The van der Waals surface area contributed by atoms with Crippen LogP contribution in [0.5, 0.6) is 0 Å². The third-order valence-electron chi connectivity index (χ3n) is 5.44. The lowest BCUT2D eigenvalue weighted by atomic mass is 10.0. The highest BCUT2D eigenvalue weighted by molar-refractivity contribution is 7.19. The molecule has 6 heteroatoms. The zero-order valence-corrected chi connectivity index (χ0v) is 17.1. The SMILES string of the molecule is Cc1sc2nc3n(c(=O)c2c1-c1ccccc1)CC/C3=C\c1ccc(C(=O)O)cc1. The normalized spacial score (nSPS) is 14.4. The highest BCUT2D eigenvalue weighted by Gasteiger charge is 2.24. The maximum absolute atomic E-state index is 13.4. The van der Waals surface area contributed by atoms with Crippen LogP contribution in [0.25, 0.3) is 33.0 Å². The van der Waals surface area contributed by atoms with E-state index in [1.165, 1.54) is 0 Å². The first kappa shape index (κ1) is 18.5. The molecule has 0 radical (unpaired) electrons. The second-order valence-corrected chi connectivity index (χ2v) is 8.52. The fourth-order valence-corrected chi connectivity index (χ4v) is 5.04. The van der Waals surface area contributed by atoms with Crippen LogP contribution in [0.1, 0.15) is 33.0 Å². The molecule has 0 saturated heterocycles. The number of carboxylic acids is 1. The molecule has 0 bridgehead atoms. The monoisotopic (exact) mass is 414 g/mol. The van der Waals surface area contributed by atoms with Gasteiger partial charge in [0.2, 0.25) is 0 Å². The van der Waals surface area contributed by atoms with Crippen LogP contribution in [0.4, 0.5) is 0 Å². The quantitative estimate of drug-likeness (QED) is 0.508. The smallest absolute Gasteiger partial charge is 0.335 e. The first-order valence-electron chi connectivity index (χ1n) is 9.66. The number of benzene rings is 2. The lowest BCUT2D eigenvalue weighted by Gasteiger charge is -2.05. The van der Waals surface area contributed by atoms with Gasteiger partial charge in [-0.3, -0.25) is 9.36 Å². The Kier molecular flexibility index (Phi) is 4.37. The highest BCUT2D eigenvalue weighted by atomic mass is 32.1. The van der Waals surface area contributed by atoms with Crippen molar-refractivity contribution in [1.82, 2.24) is 9.55 Å². The molecule has 4 aromatic rings. The summed E-state index contributed by atoms with van der Waals surface area (Å²) in [4.78, 5) is 31.1. The molecule has 0 unspecified atom stereocenters. The number of hydrogen-bond donors (Lipinski definition) is 1. The molecule has 0 atom stereocenters. The zero-order chi connectivity index (χ0) is 20.8. The average Bonchev–Trinajstić information content (AvgIpc) is 3.30. The number of rotatable bonds is 3. The molecule has 0 fully saturated rings. The molecule has 3 heterocycles. The average molecular weight is 414 g/mol. The molecule has 1 N–H and O–H groups in total. The summed E-state index contributed by atoms with van der Waals surface area (Å²) in [6.45, 7) is 2.63. The van der Waals surface area contributed by atoms with Crippen LogP contribution in [-0.4, -0.2) is 20.6 Å². The predicted octanol–water partition coefficient (Wildman–Crippen LogP) is 5.08. The topological polar surface area (TPSA) is 72.2 Å². The molecule has 0 amide bonds. The van der Waals surface area contributed by atoms with E-state index in [1.807, 2.05) is 43.3 Å². The van der Waals surface area contributed by atoms with Crippen molar-refractivity contribution in [2.45, 2.75) is 19.9 Å².